The molecule has 0 spiro atoms. The summed E-state index contributed by atoms with van der Waals surface area (Å²) in [5.74, 6) is 0.882. The van der Waals surface area contributed by atoms with E-state index in [9.17, 15) is 8.42 Å². The van der Waals surface area contributed by atoms with Crippen LogP contribution in [0.1, 0.15) is 25.8 Å². The summed E-state index contributed by atoms with van der Waals surface area (Å²) in [5.41, 5.74) is 1.22. The largest absolute Gasteiger partial charge is 0.296 e. The summed E-state index contributed by atoms with van der Waals surface area (Å²) in [5, 5.41) is 0. The molecule has 2 atom stereocenters. The Morgan fingerprint density at radius 3 is 2.17 bits per heavy atom. The number of piperidine rings is 1. The Bertz CT molecular complexity index is 619. The van der Waals surface area contributed by atoms with E-state index < -0.39 is 10.2 Å². The first-order chi connectivity index (χ1) is 11.4. The van der Waals surface area contributed by atoms with Crippen LogP contribution in [-0.2, 0) is 16.8 Å². The molecule has 0 radical (unpaired) electrons. The third kappa shape index (κ3) is 4.14. The Morgan fingerprint density at radius 1 is 1.00 bits per heavy atom. The highest BCUT2D eigenvalue weighted by molar-refractivity contribution is 7.86. The van der Waals surface area contributed by atoms with E-state index in [-0.39, 0.29) is 0 Å². The number of nitrogens with zero attached hydrogens (tertiary/aromatic N) is 4. The van der Waals surface area contributed by atoms with Gasteiger partial charge in [0.25, 0.3) is 10.2 Å². The van der Waals surface area contributed by atoms with Gasteiger partial charge in [-0.15, -0.1) is 0 Å². The van der Waals surface area contributed by atoms with Crippen LogP contribution in [0.25, 0.3) is 0 Å². The quantitative estimate of drug-likeness (QED) is 0.822. The molecule has 134 valence electrons. The van der Waals surface area contributed by atoms with Gasteiger partial charge in [0.2, 0.25) is 0 Å². The second kappa shape index (κ2) is 7.47. The molecule has 2 aliphatic heterocycles. The molecule has 0 bridgehead atoms. The molecule has 3 heterocycles. The van der Waals surface area contributed by atoms with E-state index in [0.717, 1.165) is 26.1 Å². The van der Waals surface area contributed by atoms with Crippen molar-refractivity contribution < 1.29 is 8.42 Å². The van der Waals surface area contributed by atoms with E-state index in [4.69, 9.17) is 0 Å². The number of piperazine rings is 1. The third-order valence-electron chi connectivity index (χ3n) is 4.97. The number of aromatic nitrogens is 1. The highest BCUT2D eigenvalue weighted by Gasteiger charge is 2.36. The molecule has 1 aromatic heterocycles. The predicted octanol–water partition coefficient (Wildman–Crippen LogP) is 1.42. The van der Waals surface area contributed by atoms with E-state index in [1.807, 2.05) is 12.1 Å². The summed E-state index contributed by atoms with van der Waals surface area (Å²) in [6.07, 6.45) is 4.72. The lowest BCUT2D eigenvalue weighted by Crippen LogP contribution is -2.55. The maximum atomic E-state index is 12.9. The van der Waals surface area contributed by atoms with Crippen molar-refractivity contribution in [1.29, 1.82) is 0 Å². The molecule has 24 heavy (non-hydrogen) atoms. The van der Waals surface area contributed by atoms with Crippen LogP contribution in [0.15, 0.2) is 24.5 Å². The fourth-order valence-electron chi connectivity index (χ4n) is 3.82. The van der Waals surface area contributed by atoms with E-state index in [0.29, 0.717) is 38.0 Å². The zero-order valence-corrected chi connectivity index (χ0v) is 15.5. The van der Waals surface area contributed by atoms with Crippen LogP contribution in [0.3, 0.4) is 0 Å². The Balaban J connectivity index is 1.57. The summed E-state index contributed by atoms with van der Waals surface area (Å²) in [7, 11) is -3.32. The first-order valence-electron chi connectivity index (χ1n) is 8.81. The molecule has 2 saturated heterocycles. The van der Waals surface area contributed by atoms with Crippen LogP contribution in [0.5, 0.6) is 0 Å². The van der Waals surface area contributed by atoms with Gasteiger partial charge in [-0.2, -0.15) is 17.0 Å². The lowest BCUT2D eigenvalue weighted by atomic mass is 9.94. The average molecular weight is 353 g/mol. The lowest BCUT2D eigenvalue weighted by Gasteiger charge is -2.40. The normalized spacial score (nSPS) is 28.1. The van der Waals surface area contributed by atoms with Gasteiger partial charge in [-0.05, 0) is 36.0 Å². The number of hydrogen-bond donors (Lipinski definition) is 0. The minimum absolute atomic E-state index is 0.441. The van der Waals surface area contributed by atoms with Crippen LogP contribution in [0.4, 0.5) is 0 Å². The molecule has 3 rings (SSSR count). The Morgan fingerprint density at radius 2 is 1.58 bits per heavy atom. The zero-order valence-electron chi connectivity index (χ0n) is 14.6. The van der Waals surface area contributed by atoms with E-state index in [2.05, 4.69) is 23.7 Å². The molecule has 1 aromatic rings. The van der Waals surface area contributed by atoms with Gasteiger partial charge < -0.3 is 0 Å². The number of pyridine rings is 1. The van der Waals surface area contributed by atoms with Crippen LogP contribution in [0, 0.1) is 11.8 Å². The minimum atomic E-state index is -3.32. The summed E-state index contributed by atoms with van der Waals surface area (Å²) >= 11 is 0. The van der Waals surface area contributed by atoms with Crippen molar-refractivity contribution in [2.45, 2.75) is 26.8 Å². The predicted molar refractivity (Wildman–Crippen MR) is 94.5 cm³/mol. The Labute approximate surface area is 145 Å². The van der Waals surface area contributed by atoms with Crippen molar-refractivity contribution in [3.8, 4) is 0 Å². The lowest BCUT2D eigenvalue weighted by molar-refractivity contribution is 0.162. The molecule has 0 saturated carbocycles. The maximum absolute atomic E-state index is 12.9. The second-order valence-corrected chi connectivity index (χ2v) is 9.23. The number of hydrogen-bond acceptors (Lipinski definition) is 4. The van der Waals surface area contributed by atoms with Crippen LogP contribution >= 0.6 is 0 Å². The van der Waals surface area contributed by atoms with Crippen molar-refractivity contribution in [2.24, 2.45) is 11.8 Å². The van der Waals surface area contributed by atoms with Gasteiger partial charge in [0.1, 0.15) is 0 Å². The number of rotatable bonds is 4. The fourth-order valence-corrected chi connectivity index (χ4v) is 5.66. The molecular weight excluding hydrogens is 324 g/mol. The summed E-state index contributed by atoms with van der Waals surface area (Å²) in [6, 6.07) is 4.03. The van der Waals surface area contributed by atoms with Crippen molar-refractivity contribution in [3.63, 3.8) is 0 Å². The molecule has 2 fully saturated rings. The summed E-state index contributed by atoms with van der Waals surface area (Å²) < 4.78 is 29.2. The molecule has 0 amide bonds. The van der Waals surface area contributed by atoms with Crippen LogP contribution < -0.4 is 0 Å². The monoisotopic (exact) mass is 352 g/mol. The molecule has 2 unspecified atom stereocenters. The SMILES string of the molecule is CC1CC(C)CN(S(=O)(=O)N2CCN(Cc3ccncc3)CC2)C1. The third-order valence-corrected chi connectivity index (χ3v) is 6.94. The molecule has 2 aliphatic rings. The van der Waals surface area contributed by atoms with Gasteiger partial charge in [-0.25, -0.2) is 0 Å². The van der Waals surface area contributed by atoms with E-state index in [1.54, 1.807) is 21.0 Å². The molecule has 6 nitrogen and oxygen atoms in total. The summed E-state index contributed by atoms with van der Waals surface area (Å²) in [4.78, 5) is 6.34. The Kier molecular flexibility index (Phi) is 5.54. The van der Waals surface area contributed by atoms with Gasteiger partial charge in [0.05, 0.1) is 0 Å². The van der Waals surface area contributed by atoms with Crippen molar-refractivity contribution in [3.05, 3.63) is 30.1 Å². The van der Waals surface area contributed by atoms with Gasteiger partial charge >= 0.3 is 0 Å². The molecule has 0 aliphatic carbocycles. The average Bonchev–Trinajstić information content (AvgIpc) is 2.55. The van der Waals surface area contributed by atoms with Crippen LogP contribution in [0.2, 0.25) is 0 Å². The van der Waals surface area contributed by atoms with E-state index in [1.165, 1.54) is 5.56 Å². The van der Waals surface area contributed by atoms with Crippen LogP contribution in [-0.4, -0.2) is 66.2 Å². The van der Waals surface area contributed by atoms with Crippen molar-refractivity contribution in [2.75, 3.05) is 39.3 Å². The van der Waals surface area contributed by atoms with Gasteiger partial charge in [-0.1, -0.05) is 13.8 Å². The summed E-state index contributed by atoms with van der Waals surface area (Å²) in [6.45, 7) is 9.16. The van der Waals surface area contributed by atoms with Gasteiger partial charge in [0, 0.05) is 58.2 Å². The smallest absolute Gasteiger partial charge is 0.282 e. The molecule has 0 aromatic carbocycles. The minimum Gasteiger partial charge on any atom is -0.296 e. The van der Waals surface area contributed by atoms with Crippen molar-refractivity contribution >= 4 is 10.2 Å². The highest BCUT2D eigenvalue weighted by atomic mass is 32.2. The van der Waals surface area contributed by atoms with Gasteiger partial charge in [-0.3, -0.25) is 9.88 Å². The first-order valence-corrected chi connectivity index (χ1v) is 10.2. The molecule has 7 heteroatoms. The fraction of sp³-hybridized carbons (Fsp3) is 0.706. The van der Waals surface area contributed by atoms with Crippen molar-refractivity contribution in [1.82, 2.24) is 18.5 Å². The highest BCUT2D eigenvalue weighted by Crippen LogP contribution is 2.25. The molecular formula is C17H28N4O2S. The topological polar surface area (TPSA) is 56.8 Å². The Hall–Kier alpha value is -1.02. The standard InChI is InChI=1S/C17H28N4O2S/c1-15-11-16(2)13-21(12-15)24(22,23)20-9-7-19(8-10-20)14-17-3-5-18-6-4-17/h3-6,15-16H,7-14H2,1-2H3. The maximum Gasteiger partial charge on any atom is 0.282 e. The van der Waals surface area contributed by atoms with E-state index >= 15 is 0 Å². The first kappa shape index (κ1) is 17.8. The molecule has 0 N–H and O–H groups in total. The van der Waals surface area contributed by atoms with Gasteiger partial charge in [0.15, 0.2) is 0 Å². The second-order valence-electron chi connectivity index (χ2n) is 7.30. The zero-order chi connectivity index (χ0) is 17.2.